The van der Waals surface area contributed by atoms with Crippen LogP contribution in [0.4, 0.5) is 17.3 Å². The lowest BCUT2D eigenvalue weighted by molar-refractivity contribution is 0.211. The van der Waals surface area contributed by atoms with Crippen LogP contribution in [0.1, 0.15) is 24.2 Å². The van der Waals surface area contributed by atoms with Crippen molar-refractivity contribution in [2.24, 2.45) is 0 Å². The highest BCUT2D eigenvalue weighted by Crippen LogP contribution is 2.32. The maximum Gasteiger partial charge on any atom is 0.234 e. The highest BCUT2D eigenvalue weighted by atomic mass is 15.2. The zero-order chi connectivity index (χ0) is 30.8. The summed E-state index contributed by atoms with van der Waals surface area (Å²) >= 11 is 0. The van der Waals surface area contributed by atoms with E-state index in [0.717, 1.165) is 66.1 Å². The molecule has 0 atom stereocenters. The van der Waals surface area contributed by atoms with Crippen LogP contribution in [0.2, 0.25) is 0 Å². The van der Waals surface area contributed by atoms with Crippen molar-refractivity contribution in [2.45, 2.75) is 25.4 Å². The van der Waals surface area contributed by atoms with Crippen LogP contribution >= 0.6 is 0 Å². The number of nitrogens with zero attached hydrogens (tertiary/aromatic N) is 8. The van der Waals surface area contributed by atoms with Gasteiger partial charge >= 0.3 is 0 Å². The Bertz CT molecular complexity index is 2020. The molecule has 11 nitrogen and oxygen atoms in total. The van der Waals surface area contributed by atoms with E-state index >= 15 is 0 Å². The second-order valence-electron chi connectivity index (χ2n) is 11.1. The second kappa shape index (κ2) is 12.0. The molecule has 0 unspecified atom stereocenters. The number of piperidine rings is 1. The molecule has 0 spiro atoms. The van der Waals surface area contributed by atoms with Gasteiger partial charge in [-0.1, -0.05) is 24.3 Å². The number of rotatable bonds is 7. The Morgan fingerprint density at radius 2 is 1.71 bits per heavy atom. The van der Waals surface area contributed by atoms with Gasteiger partial charge in [-0.05, 0) is 73.0 Å². The van der Waals surface area contributed by atoms with Crippen LogP contribution in [-0.2, 0) is 6.54 Å². The molecule has 45 heavy (non-hydrogen) atoms. The molecule has 0 bridgehead atoms. The van der Waals surface area contributed by atoms with E-state index in [1.165, 1.54) is 5.56 Å². The van der Waals surface area contributed by atoms with E-state index in [1.54, 1.807) is 18.5 Å². The van der Waals surface area contributed by atoms with E-state index in [-0.39, 0.29) is 5.82 Å². The predicted molar refractivity (Wildman–Crippen MR) is 175 cm³/mol. The number of hydrogen-bond donors (Lipinski definition) is 3. The van der Waals surface area contributed by atoms with Gasteiger partial charge in [-0.3, -0.25) is 9.47 Å². The van der Waals surface area contributed by atoms with Crippen molar-refractivity contribution in [1.29, 1.82) is 5.26 Å². The number of pyridine rings is 2. The van der Waals surface area contributed by atoms with E-state index in [1.807, 2.05) is 59.2 Å². The monoisotopic (exact) mass is 593 g/mol. The van der Waals surface area contributed by atoms with Gasteiger partial charge in [0.1, 0.15) is 23.2 Å². The van der Waals surface area contributed by atoms with Crippen molar-refractivity contribution in [1.82, 2.24) is 34.4 Å². The SMILES string of the molecule is N#Cc1nccc(NC2CCN(Cc3ccc(-n4c(-c5cccnc5N)nc5ccc(-c6cccc(N)c6)nc54)cc3)CC2)n1. The third-order valence-corrected chi connectivity index (χ3v) is 8.06. The lowest BCUT2D eigenvalue weighted by Gasteiger charge is -2.32. The largest absolute Gasteiger partial charge is 0.399 e. The number of nitrogen functional groups attached to an aromatic ring is 2. The van der Waals surface area contributed by atoms with Gasteiger partial charge in [0.2, 0.25) is 5.82 Å². The van der Waals surface area contributed by atoms with E-state index in [0.29, 0.717) is 29.2 Å². The van der Waals surface area contributed by atoms with E-state index in [4.69, 9.17) is 26.7 Å². The van der Waals surface area contributed by atoms with Gasteiger partial charge in [-0.2, -0.15) is 5.26 Å². The van der Waals surface area contributed by atoms with Crippen LogP contribution in [0.5, 0.6) is 0 Å². The summed E-state index contributed by atoms with van der Waals surface area (Å²) in [7, 11) is 0. The minimum absolute atomic E-state index is 0.179. The molecule has 2 aromatic carbocycles. The Hall–Kier alpha value is -5.86. The van der Waals surface area contributed by atoms with Gasteiger partial charge in [-0.15, -0.1) is 0 Å². The summed E-state index contributed by atoms with van der Waals surface area (Å²) in [6.07, 6.45) is 5.27. The quantitative estimate of drug-likeness (QED) is 0.214. The standard InChI is InChI=1S/C34H31N11/c35-20-31-38-16-12-30(43-31)40-25-13-17-44(18-14-25)21-22-6-8-26(9-7-22)45-33(27-5-2-15-39-32(27)37)42-29-11-10-28(41-34(29)45)23-3-1-4-24(36)19-23/h1-12,15-16,19,25H,13-14,17-18,21,36H2,(H2,37,39)(H,38,40,43). The van der Waals surface area contributed by atoms with Crippen LogP contribution in [0, 0.1) is 11.3 Å². The van der Waals surface area contributed by atoms with Crippen LogP contribution in [0.25, 0.3) is 39.5 Å². The Balaban J connectivity index is 1.13. The molecule has 0 saturated carbocycles. The zero-order valence-electron chi connectivity index (χ0n) is 24.5. The Morgan fingerprint density at radius 1 is 0.867 bits per heavy atom. The van der Waals surface area contributed by atoms with E-state index in [2.05, 4.69) is 49.4 Å². The molecule has 6 aromatic rings. The number of likely N-dealkylation sites (tertiary alicyclic amines) is 1. The predicted octanol–water partition coefficient (Wildman–Crippen LogP) is 5.05. The van der Waals surface area contributed by atoms with Crippen LogP contribution in [-0.4, -0.2) is 53.5 Å². The molecule has 4 aromatic heterocycles. The van der Waals surface area contributed by atoms with Gasteiger partial charge in [0.15, 0.2) is 11.5 Å². The number of nitriles is 1. The molecule has 0 radical (unpaired) electrons. The number of imidazole rings is 1. The summed E-state index contributed by atoms with van der Waals surface area (Å²) in [4.78, 5) is 25.0. The first-order valence-electron chi connectivity index (χ1n) is 14.8. The smallest absolute Gasteiger partial charge is 0.234 e. The number of nitrogens with two attached hydrogens (primary N) is 2. The molecule has 11 heteroatoms. The highest BCUT2D eigenvalue weighted by molar-refractivity contribution is 5.84. The summed E-state index contributed by atoms with van der Waals surface area (Å²) in [6.45, 7) is 2.77. The first-order chi connectivity index (χ1) is 22.0. The van der Waals surface area contributed by atoms with Gasteiger partial charge in [-0.25, -0.2) is 24.9 Å². The Kier molecular flexibility index (Phi) is 7.47. The number of benzene rings is 2. The van der Waals surface area contributed by atoms with E-state index < -0.39 is 0 Å². The molecule has 7 rings (SSSR count). The van der Waals surface area contributed by atoms with Crippen molar-refractivity contribution in [2.75, 3.05) is 29.9 Å². The molecule has 1 aliphatic rings. The number of anilines is 3. The normalized spacial score (nSPS) is 13.9. The van der Waals surface area contributed by atoms with Gasteiger partial charge in [0, 0.05) is 55.0 Å². The fourth-order valence-electron chi connectivity index (χ4n) is 5.79. The molecule has 0 amide bonds. The third kappa shape index (κ3) is 5.87. The molecule has 1 saturated heterocycles. The topological polar surface area (TPSA) is 160 Å². The Morgan fingerprint density at radius 3 is 2.49 bits per heavy atom. The molecule has 5 heterocycles. The molecule has 1 aliphatic heterocycles. The maximum absolute atomic E-state index is 9.07. The Labute approximate surface area is 260 Å². The lowest BCUT2D eigenvalue weighted by atomic mass is 10.0. The second-order valence-corrected chi connectivity index (χ2v) is 11.1. The average Bonchev–Trinajstić information content (AvgIpc) is 3.45. The summed E-state index contributed by atoms with van der Waals surface area (Å²) in [5, 5.41) is 12.5. The van der Waals surface area contributed by atoms with Crippen LogP contribution in [0.3, 0.4) is 0 Å². The van der Waals surface area contributed by atoms with Gasteiger partial charge in [0.25, 0.3) is 0 Å². The highest BCUT2D eigenvalue weighted by Gasteiger charge is 2.21. The zero-order valence-corrected chi connectivity index (χ0v) is 24.5. The summed E-state index contributed by atoms with van der Waals surface area (Å²) in [6, 6.07) is 28.1. The molecular formula is C34H31N11. The fraction of sp³-hybridized carbons (Fsp3) is 0.176. The molecular weight excluding hydrogens is 562 g/mol. The van der Waals surface area contributed by atoms with Gasteiger partial charge in [0.05, 0.1) is 11.3 Å². The molecule has 1 fully saturated rings. The third-order valence-electron chi connectivity index (χ3n) is 8.06. The first-order valence-corrected chi connectivity index (χ1v) is 14.8. The number of fused-ring (bicyclic) bond motifs is 1. The number of hydrogen-bond acceptors (Lipinski definition) is 10. The molecule has 222 valence electrons. The van der Waals surface area contributed by atoms with Gasteiger partial charge < -0.3 is 16.8 Å². The van der Waals surface area contributed by atoms with Crippen molar-refractivity contribution in [3.8, 4) is 34.4 Å². The summed E-state index contributed by atoms with van der Waals surface area (Å²) in [5.74, 6) is 1.97. The number of nitrogens with one attached hydrogen (secondary N) is 1. The van der Waals surface area contributed by atoms with Crippen molar-refractivity contribution in [3.63, 3.8) is 0 Å². The minimum atomic E-state index is 0.179. The van der Waals surface area contributed by atoms with E-state index in [9.17, 15) is 0 Å². The van der Waals surface area contributed by atoms with Crippen molar-refractivity contribution >= 4 is 28.5 Å². The van der Waals surface area contributed by atoms with Crippen LogP contribution < -0.4 is 16.8 Å². The maximum atomic E-state index is 9.07. The summed E-state index contributed by atoms with van der Waals surface area (Å²) in [5.41, 5.74) is 19.2. The molecule has 5 N–H and O–H groups in total. The van der Waals surface area contributed by atoms with Crippen molar-refractivity contribution < 1.29 is 0 Å². The van der Waals surface area contributed by atoms with Crippen LogP contribution in [0.15, 0.2) is 91.3 Å². The number of aromatic nitrogens is 6. The minimum Gasteiger partial charge on any atom is -0.399 e. The average molecular weight is 594 g/mol. The fourth-order valence-corrected chi connectivity index (χ4v) is 5.79. The van der Waals surface area contributed by atoms with Crippen molar-refractivity contribution in [3.05, 3.63) is 103 Å². The first kappa shape index (κ1) is 27.9. The lowest BCUT2D eigenvalue weighted by Crippen LogP contribution is -2.38. The summed E-state index contributed by atoms with van der Waals surface area (Å²) < 4.78 is 2.05. The molecule has 0 aliphatic carbocycles.